The highest BCUT2D eigenvalue weighted by molar-refractivity contribution is 7.99. The number of carbonyl (C=O) groups excluding carboxylic acids is 1. The number of rotatable bonds is 7. The fourth-order valence-electron chi connectivity index (χ4n) is 1.83. The monoisotopic (exact) mass is 279 g/mol. The van der Waals surface area contributed by atoms with Crippen molar-refractivity contribution in [2.75, 3.05) is 18.9 Å². The van der Waals surface area contributed by atoms with Gasteiger partial charge in [0.25, 0.3) is 0 Å². The van der Waals surface area contributed by atoms with Crippen molar-refractivity contribution in [1.82, 2.24) is 5.32 Å². The molecule has 2 rings (SSSR count). The van der Waals surface area contributed by atoms with Crippen LogP contribution in [0.4, 0.5) is 0 Å². The first-order valence-corrected chi connectivity index (χ1v) is 7.70. The summed E-state index contributed by atoms with van der Waals surface area (Å²) in [5, 5.41) is 12.2. The number of hydrogen-bond acceptors (Lipinski definition) is 3. The number of benzene rings is 1. The number of hydrogen-bond donors (Lipinski definition) is 2. The average molecular weight is 279 g/mol. The highest BCUT2D eigenvalue weighted by Gasteiger charge is 2.42. The molecule has 0 aromatic heterocycles. The minimum atomic E-state index is -0.0142. The second-order valence-electron chi connectivity index (χ2n) is 5.40. The maximum Gasteiger partial charge on any atom is 0.223 e. The van der Waals surface area contributed by atoms with Crippen molar-refractivity contribution in [2.24, 2.45) is 11.3 Å². The molecule has 0 saturated heterocycles. The zero-order valence-electron chi connectivity index (χ0n) is 11.3. The summed E-state index contributed by atoms with van der Waals surface area (Å²) in [6.45, 7) is 2.74. The molecule has 1 aromatic carbocycles. The van der Waals surface area contributed by atoms with Crippen LogP contribution in [0.15, 0.2) is 35.2 Å². The van der Waals surface area contributed by atoms with Gasteiger partial charge in [0.2, 0.25) is 5.91 Å². The van der Waals surface area contributed by atoms with Gasteiger partial charge in [-0.2, -0.15) is 0 Å². The van der Waals surface area contributed by atoms with Crippen LogP contribution < -0.4 is 5.32 Å². The Morgan fingerprint density at radius 1 is 1.42 bits per heavy atom. The molecule has 1 aliphatic rings. The Kier molecular flexibility index (Phi) is 4.88. The van der Waals surface area contributed by atoms with E-state index in [2.05, 4.69) is 17.4 Å². The number of aliphatic hydroxyl groups is 1. The van der Waals surface area contributed by atoms with Gasteiger partial charge in [-0.15, -0.1) is 11.8 Å². The third kappa shape index (κ3) is 4.25. The van der Waals surface area contributed by atoms with Gasteiger partial charge in [0.05, 0.1) is 6.61 Å². The van der Waals surface area contributed by atoms with Crippen LogP contribution in [0, 0.1) is 11.3 Å². The minimum Gasteiger partial charge on any atom is -0.396 e. The molecule has 1 saturated carbocycles. The van der Waals surface area contributed by atoms with Gasteiger partial charge in [0.15, 0.2) is 0 Å². The summed E-state index contributed by atoms with van der Waals surface area (Å²) < 4.78 is 0. The Labute approximate surface area is 118 Å². The van der Waals surface area contributed by atoms with E-state index in [4.69, 9.17) is 0 Å². The van der Waals surface area contributed by atoms with Crippen molar-refractivity contribution in [1.29, 1.82) is 0 Å². The van der Waals surface area contributed by atoms with Crippen LogP contribution in [0.5, 0.6) is 0 Å². The van der Waals surface area contributed by atoms with Crippen molar-refractivity contribution < 1.29 is 9.90 Å². The van der Waals surface area contributed by atoms with Crippen molar-refractivity contribution >= 4 is 17.7 Å². The van der Waals surface area contributed by atoms with Crippen molar-refractivity contribution in [3.05, 3.63) is 30.3 Å². The highest BCUT2D eigenvalue weighted by atomic mass is 32.2. The molecule has 1 amide bonds. The molecule has 104 valence electrons. The van der Waals surface area contributed by atoms with E-state index in [1.54, 1.807) is 11.8 Å². The molecule has 1 atom stereocenters. The summed E-state index contributed by atoms with van der Waals surface area (Å²) in [5.41, 5.74) is -0.0120. The summed E-state index contributed by atoms with van der Waals surface area (Å²) in [6.07, 6.45) is 2.05. The van der Waals surface area contributed by atoms with Crippen LogP contribution in [0.25, 0.3) is 0 Å². The van der Waals surface area contributed by atoms with Crippen molar-refractivity contribution in [3.8, 4) is 0 Å². The van der Waals surface area contributed by atoms with Gasteiger partial charge in [-0.05, 0) is 25.0 Å². The molecule has 0 aliphatic heterocycles. The van der Waals surface area contributed by atoms with Gasteiger partial charge in [0.1, 0.15) is 0 Å². The Balaban J connectivity index is 1.70. The Bertz CT molecular complexity index is 417. The number of thioether (sulfide) groups is 1. The minimum absolute atomic E-state index is 0.0120. The molecule has 1 fully saturated rings. The lowest BCUT2D eigenvalue weighted by Gasteiger charge is -2.16. The van der Waals surface area contributed by atoms with E-state index in [9.17, 15) is 9.90 Å². The largest absolute Gasteiger partial charge is 0.396 e. The molecular weight excluding hydrogens is 258 g/mol. The lowest BCUT2D eigenvalue weighted by molar-refractivity contribution is -0.124. The Hall–Kier alpha value is -1.00. The first-order valence-electron chi connectivity index (χ1n) is 6.72. The smallest absolute Gasteiger partial charge is 0.223 e. The van der Waals surface area contributed by atoms with Gasteiger partial charge < -0.3 is 10.4 Å². The Morgan fingerprint density at radius 3 is 2.68 bits per heavy atom. The average Bonchev–Trinajstić information content (AvgIpc) is 3.24. The maximum atomic E-state index is 11.9. The molecular formula is C15H21NO2S. The normalized spacial score (nSPS) is 17.8. The summed E-state index contributed by atoms with van der Waals surface area (Å²) in [5.74, 6) is 0.852. The Morgan fingerprint density at radius 2 is 2.11 bits per heavy atom. The predicted octanol–water partition coefficient (Wildman–Crippen LogP) is 2.30. The fraction of sp³-hybridized carbons (Fsp3) is 0.533. The first-order chi connectivity index (χ1) is 9.15. The van der Waals surface area contributed by atoms with Crippen LogP contribution >= 0.6 is 11.8 Å². The topological polar surface area (TPSA) is 49.3 Å². The number of carbonyl (C=O) groups is 1. The molecule has 0 bridgehead atoms. The van der Waals surface area contributed by atoms with Crippen molar-refractivity contribution in [2.45, 2.75) is 24.7 Å². The summed E-state index contributed by atoms with van der Waals surface area (Å²) in [7, 11) is 0. The molecule has 1 aliphatic carbocycles. The van der Waals surface area contributed by atoms with Crippen LogP contribution in [0.2, 0.25) is 0 Å². The van der Waals surface area contributed by atoms with Crippen LogP contribution in [-0.4, -0.2) is 29.9 Å². The number of aliphatic hydroxyl groups excluding tert-OH is 1. The number of nitrogens with one attached hydrogen (secondary N) is 1. The van der Waals surface area contributed by atoms with Gasteiger partial charge in [-0.1, -0.05) is 25.1 Å². The molecule has 1 aromatic rings. The van der Waals surface area contributed by atoms with Crippen LogP contribution in [-0.2, 0) is 4.79 Å². The van der Waals surface area contributed by atoms with Gasteiger partial charge in [-0.25, -0.2) is 0 Å². The zero-order valence-corrected chi connectivity index (χ0v) is 12.1. The van der Waals surface area contributed by atoms with E-state index >= 15 is 0 Å². The maximum absolute atomic E-state index is 11.9. The number of amides is 1. The zero-order chi connectivity index (χ0) is 13.7. The highest BCUT2D eigenvalue weighted by Crippen LogP contribution is 2.44. The first kappa shape index (κ1) is 14.4. The van der Waals surface area contributed by atoms with E-state index in [0.29, 0.717) is 6.54 Å². The molecule has 3 nitrogen and oxygen atoms in total. The molecule has 19 heavy (non-hydrogen) atoms. The van der Waals surface area contributed by atoms with Gasteiger partial charge in [0, 0.05) is 28.5 Å². The summed E-state index contributed by atoms with van der Waals surface area (Å²) >= 11 is 1.70. The van der Waals surface area contributed by atoms with Crippen molar-refractivity contribution in [3.63, 3.8) is 0 Å². The predicted molar refractivity (Wildman–Crippen MR) is 78.1 cm³/mol. The molecule has 1 unspecified atom stereocenters. The van der Waals surface area contributed by atoms with E-state index in [1.165, 1.54) is 4.90 Å². The third-order valence-corrected chi connectivity index (χ3v) is 4.89. The molecule has 0 heterocycles. The molecule has 0 spiro atoms. The van der Waals surface area contributed by atoms with Gasteiger partial charge >= 0.3 is 0 Å². The SMILES string of the molecule is CC(CSc1ccccc1)C(=O)NCC1(CO)CC1. The van der Waals surface area contributed by atoms with Gasteiger partial charge in [-0.3, -0.25) is 4.79 Å². The van der Waals surface area contributed by atoms with E-state index in [-0.39, 0.29) is 23.8 Å². The standard InChI is InChI=1S/C15H21NO2S/c1-12(9-19-13-5-3-2-4-6-13)14(18)16-10-15(11-17)7-8-15/h2-6,12,17H,7-11H2,1H3,(H,16,18). The summed E-state index contributed by atoms with van der Waals surface area (Å²) in [6, 6.07) is 10.1. The molecule has 0 radical (unpaired) electrons. The van der Waals surface area contributed by atoms with E-state index in [1.807, 2.05) is 25.1 Å². The van der Waals surface area contributed by atoms with Crippen LogP contribution in [0.3, 0.4) is 0 Å². The lowest BCUT2D eigenvalue weighted by atomic mass is 10.1. The molecule has 2 N–H and O–H groups in total. The second kappa shape index (κ2) is 6.44. The molecule has 4 heteroatoms. The van der Waals surface area contributed by atoms with E-state index < -0.39 is 0 Å². The second-order valence-corrected chi connectivity index (χ2v) is 6.49. The third-order valence-electron chi connectivity index (χ3n) is 3.62. The lowest BCUT2D eigenvalue weighted by Crippen LogP contribution is -2.36. The quantitative estimate of drug-likeness (QED) is 0.753. The fourth-order valence-corrected chi connectivity index (χ4v) is 2.77. The van der Waals surface area contributed by atoms with E-state index in [0.717, 1.165) is 18.6 Å². The van der Waals surface area contributed by atoms with Crippen LogP contribution in [0.1, 0.15) is 19.8 Å². The summed E-state index contributed by atoms with van der Waals surface area (Å²) in [4.78, 5) is 13.1.